The zero-order valence-corrected chi connectivity index (χ0v) is 17.6. The second kappa shape index (κ2) is 8.39. The monoisotopic (exact) mass is 429 g/mol. The molecule has 4 rings (SSSR count). The van der Waals surface area contributed by atoms with Crippen molar-refractivity contribution in [3.05, 3.63) is 69.9 Å². The van der Waals surface area contributed by atoms with Crippen molar-refractivity contribution in [3.63, 3.8) is 0 Å². The van der Waals surface area contributed by atoms with Gasteiger partial charge in [-0.05, 0) is 19.1 Å². The van der Waals surface area contributed by atoms with E-state index in [-0.39, 0.29) is 11.2 Å². The van der Waals surface area contributed by atoms with Gasteiger partial charge < -0.3 is 14.8 Å². The number of H-pyrrole nitrogens is 1. The summed E-state index contributed by atoms with van der Waals surface area (Å²) in [5, 5.41) is 10.6. The number of aryl methyl sites for hydroxylation is 1. The number of nitrogens with one attached hydrogen (secondary N) is 2. The fourth-order valence-corrected chi connectivity index (χ4v) is 4.73. The Morgan fingerprint density at radius 1 is 1.24 bits per heavy atom. The zero-order valence-electron chi connectivity index (χ0n) is 16.0. The van der Waals surface area contributed by atoms with Gasteiger partial charge in [0.1, 0.15) is 6.61 Å². The molecule has 0 aliphatic carbocycles. The molecule has 0 bridgehead atoms. The van der Waals surface area contributed by atoms with E-state index in [2.05, 4.69) is 15.5 Å². The van der Waals surface area contributed by atoms with Gasteiger partial charge in [0.25, 0.3) is 0 Å². The summed E-state index contributed by atoms with van der Waals surface area (Å²) >= 11 is 7.82. The summed E-state index contributed by atoms with van der Waals surface area (Å²) in [5.41, 5.74) is 3.65. The van der Waals surface area contributed by atoms with E-state index in [0.717, 1.165) is 22.4 Å². The van der Waals surface area contributed by atoms with Crippen molar-refractivity contribution < 1.29 is 14.3 Å². The zero-order chi connectivity index (χ0) is 20.4. The number of benzene rings is 2. The molecule has 0 spiro atoms. The second-order valence-electron chi connectivity index (χ2n) is 6.61. The van der Waals surface area contributed by atoms with E-state index in [9.17, 15) is 4.79 Å². The number of carbonyl (C=O) groups is 1. The Labute approximate surface area is 177 Å². The highest BCUT2D eigenvalue weighted by Crippen LogP contribution is 2.48. The minimum atomic E-state index is -0.140. The van der Waals surface area contributed by atoms with Crippen LogP contribution in [0.4, 0.5) is 5.82 Å². The van der Waals surface area contributed by atoms with Crippen LogP contribution in [0.2, 0.25) is 5.02 Å². The van der Waals surface area contributed by atoms with Crippen LogP contribution in [0.1, 0.15) is 27.6 Å². The molecule has 1 aromatic heterocycles. The third-order valence-corrected chi connectivity index (χ3v) is 6.36. The van der Waals surface area contributed by atoms with Gasteiger partial charge in [0.15, 0.2) is 17.3 Å². The average molecular weight is 430 g/mol. The molecule has 0 saturated heterocycles. The summed E-state index contributed by atoms with van der Waals surface area (Å²) in [7, 11) is 1.61. The number of hydrogen-bond donors (Lipinski definition) is 2. The maximum Gasteiger partial charge on any atom is 0.235 e. The number of aromatic amines is 1. The Morgan fingerprint density at radius 3 is 2.86 bits per heavy atom. The number of anilines is 1. The summed E-state index contributed by atoms with van der Waals surface area (Å²) in [6, 6.07) is 13.4. The lowest BCUT2D eigenvalue weighted by molar-refractivity contribution is -0.113. The predicted octanol–water partition coefficient (Wildman–Crippen LogP) is 4.73. The van der Waals surface area contributed by atoms with Crippen LogP contribution in [0, 0.1) is 6.92 Å². The Hall–Kier alpha value is -2.64. The topological polar surface area (TPSA) is 76.2 Å². The molecule has 0 unspecified atom stereocenters. The first-order valence-corrected chi connectivity index (χ1v) is 10.5. The first-order valence-electron chi connectivity index (χ1n) is 9.08. The van der Waals surface area contributed by atoms with Crippen molar-refractivity contribution in [2.24, 2.45) is 0 Å². The molecule has 1 aliphatic heterocycles. The second-order valence-corrected chi connectivity index (χ2v) is 8.11. The number of aromatic nitrogens is 2. The summed E-state index contributed by atoms with van der Waals surface area (Å²) in [6.07, 6.45) is 0. The smallest absolute Gasteiger partial charge is 0.235 e. The van der Waals surface area contributed by atoms with Crippen LogP contribution in [-0.4, -0.2) is 29.0 Å². The van der Waals surface area contributed by atoms with Gasteiger partial charge in [-0.15, -0.1) is 11.8 Å². The van der Waals surface area contributed by atoms with E-state index in [0.29, 0.717) is 34.7 Å². The van der Waals surface area contributed by atoms with E-state index < -0.39 is 0 Å². The van der Waals surface area contributed by atoms with E-state index in [1.165, 1.54) is 11.8 Å². The largest absolute Gasteiger partial charge is 0.493 e. The summed E-state index contributed by atoms with van der Waals surface area (Å²) < 4.78 is 11.8. The normalized spacial score (nSPS) is 16.0. The quantitative estimate of drug-likeness (QED) is 0.613. The minimum absolute atomic E-state index is 0.0771. The molecule has 6 nitrogen and oxygen atoms in total. The molecule has 29 heavy (non-hydrogen) atoms. The standard InChI is InChI=1S/C21H20ClN3O3S/c1-12-18-20(29-11-17(26)23-21(18)25-24-12)14-7-5-9-16(27-2)19(14)28-10-13-6-3-4-8-15(13)22/h3-9,20H,10-11H2,1-2H3,(H2,23,24,25,26)/t20-/m1/s1. The fourth-order valence-electron chi connectivity index (χ4n) is 3.33. The molecular weight excluding hydrogens is 410 g/mol. The summed E-state index contributed by atoms with van der Waals surface area (Å²) in [4.78, 5) is 12.1. The van der Waals surface area contributed by atoms with Crippen LogP contribution >= 0.6 is 23.4 Å². The Bertz CT molecular complexity index is 1050. The number of carbonyl (C=O) groups excluding carboxylic acids is 1. The molecule has 2 N–H and O–H groups in total. The number of methoxy groups -OCH3 is 1. The molecule has 0 fully saturated rings. The van der Waals surface area contributed by atoms with Gasteiger partial charge in [-0.3, -0.25) is 9.89 Å². The van der Waals surface area contributed by atoms with Crippen LogP contribution in [0.25, 0.3) is 0 Å². The van der Waals surface area contributed by atoms with Crippen LogP contribution in [-0.2, 0) is 11.4 Å². The first kappa shape index (κ1) is 19.7. The number of nitrogens with zero attached hydrogens (tertiary/aromatic N) is 1. The lowest BCUT2D eigenvalue weighted by atomic mass is 10.0. The van der Waals surface area contributed by atoms with E-state index in [1.807, 2.05) is 49.4 Å². The highest BCUT2D eigenvalue weighted by atomic mass is 35.5. The van der Waals surface area contributed by atoms with E-state index >= 15 is 0 Å². The molecule has 3 aromatic rings. The number of amides is 1. The van der Waals surface area contributed by atoms with E-state index in [4.69, 9.17) is 21.1 Å². The Kier molecular flexibility index (Phi) is 5.69. The number of fused-ring (bicyclic) bond motifs is 1. The minimum Gasteiger partial charge on any atom is -0.493 e. The lowest BCUT2D eigenvalue weighted by Crippen LogP contribution is -2.12. The first-order chi connectivity index (χ1) is 14.1. The predicted molar refractivity (Wildman–Crippen MR) is 115 cm³/mol. The van der Waals surface area contributed by atoms with Crippen molar-refractivity contribution in [2.45, 2.75) is 18.8 Å². The van der Waals surface area contributed by atoms with Crippen molar-refractivity contribution >= 4 is 35.1 Å². The number of ether oxygens (including phenoxy) is 2. The molecule has 150 valence electrons. The number of hydrogen-bond acceptors (Lipinski definition) is 5. The van der Waals surface area contributed by atoms with Gasteiger partial charge >= 0.3 is 0 Å². The summed E-state index contributed by atoms with van der Waals surface area (Å²) in [6.45, 7) is 2.25. The van der Waals surface area contributed by atoms with Gasteiger partial charge in [-0.1, -0.05) is 41.9 Å². The molecular formula is C21H20ClN3O3S. The molecule has 2 heterocycles. The molecule has 2 aromatic carbocycles. The average Bonchev–Trinajstić information content (AvgIpc) is 2.98. The van der Waals surface area contributed by atoms with Gasteiger partial charge in [-0.2, -0.15) is 5.10 Å². The molecule has 1 aliphatic rings. The van der Waals surface area contributed by atoms with Crippen LogP contribution in [0.5, 0.6) is 11.5 Å². The van der Waals surface area contributed by atoms with Crippen LogP contribution in [0.15, 0.2) is 42.5 Å². The number of para-hydroxylation sites is 1. The van der Waals surface area contributed by atoms with Gasteiger partial charge in [0.2, 0.25) is 5.91 Å². The molecule has 0 radical (unpaired) electrons. The number of rotatable bonds is 5. The Balaban J connectivity index is 1.75. The maximum absolute atomic E-state index is 12.1. The summed E-state index contributed by atoms with van der Waals surface area (Å²) in [5.74, 6) is 2.06. The molecule has 0 saturated carbocycles. The van der Waals surface area contributed by atoms with Crippen LogP contribution < -0.4 is 14.8 Å². The number of thioether (sulfide) groups is 1. The molecule has 1 amide bonds. The van der Waals surface area contributed by atoms with Crippen molar-refractivity contribution in [1.82, 2.24) is 10.2 Å². The highest BCUT2D eigenvalue weighted by molar-refractivity contribution is 8.00. The number of halogens is 1. The van der Waals surface area contributed by atoms with E-state index in [1.54, 1.807) is 7.11 Å². The van der Waals surface area contributed by atoms with Crippen molar-refractivity contribution in [3.8, 4) is 11.5 Å². The van der Waals surface area contributed by atoms with Gasteiger partial charge in [-0.25, -0.2) is 0 Å². The van der Waals surface area contributed by atoms with Crippen molar-refractivity contribution in [2.75, 3.05) is 18.2 Å². The van der Waals surface area contributed by atoms with Crippen LogP contribution in [0.3, 0.4) is 0 Å². The fraction of sp³-hybridized carbons (Fsp3) is 0.238. The van der Waals surface area contributed by atoms with Gasteiger partial charge in [0.05, 0.1) is 18.1 Å². The SMILES string of the molecule is COc1cccc([C@H]2SCC(=O)Nc3n[nH]c(C)c32)c1OCc1ccccc1Cl. The third kappa shape index (κ3) is 3.93. The molecule has 1 atom stereocenters. The van der Waals surface area contributed by atoms with Gasteiger partial charge in [0, 0.05) is 27.4 Å². The molecule has 8 heteroatoms. The lowest BCUT2D eigenvalue weighted by Gasteiger charge is -2.21. The maximum atomic E-state index is 12.1. The third-order valence-electron chi connectivity index (χ3n) is 4.74. The van der Waals surface area contributed by atoms with Crippen molar-refractivity contribution in [1.29, 1.82) is 0 Å². The Morgan fingerprint density at radius 2 is 2.07 bits per heavy atom. The highest BCUT2D eigenvalue weighted by Gasteiger charge is 2.31.